The summed E-state index contributed by atoms with van der Waals surface area (Å²) in [6.07, 6.45) is 2.76. The number of carboxylic acid groups (broad SMARTS) is 1. The molecule has 1 heterocycles. The summed E-state index contributed by atoms with van der Waals surface area (Å²) in [5.74, 6) is -1.18. The van der Waals surface area contributed by atoms with E-state index in [1.54, 1.807) is 13.8 Å². The first kappa shape index (κ1) is 15.1. The lowest BCUT2D eigenvalue weighted by Gasteiger charge is -2.12. The summed E-state index contributed by atoms with van der Waals surface area (Å²) in [4.78, 5) is 31.0. The van der Waals surface area contributed by atoms with Gasteiger partial charge in [-0.3, -0.25) is 9.59 Å². The number of hydrogen-bond acceptors (Lipinski definition) is 4. The number of carboxylic acids is 1. The fraction of sp³-hybridized carbons (Fsp3) is 0.538. The minimum Gasteiger partial charge on any atom is -0.481 e. The Hall–Kier alpha value is -1.98. The van der Waals surface area contributed by atoms with Crippen LogP contribution in [-0.2, 0) is 4.79 Å². The van der Waals surface area contributed by atoms with Crippen LogP contribution in [0.25, 0.3) is 0 Å². The first-order valence-electron chi connectivity index (χ1n) is 6.27. The van der Waals surface area contributed by atoms with Crippen LogP contribution in [0.5, 0.6) is 0 Å². The number of nitrogens with zero attached hydrogens (tertiary/aromatic N) is 2. The Kier molecular flexibility index (Phi) is 5.41. The van der Waals surface area contributed by atoms with Gasteiger partial charge in [-0.25, -0.2) is 9.97 Å². The van der Waals surface area contributed by atoms with Crippen LogP contribution < -0.4 is 5.32 Å². The molecular formula is C13H19N3O3. The Morgan fingerprint density at radius 3 is 2.63 bits per heavy atom. The summed E-state index contributed by atoms with van der Waals surface area (Å²) in [5, 5.41) is 11.6. The van der Waals surface area contributed by atoms with Crippen LogP contribution in [0.2, 0.25) is 0 Å². The van der Waals surface area contributed by atoms with E-state index in [2.05, 4.69) is 15.3 Å². The standard InChI is InChI=1S/C13H19N3O3/c1-4-5-10(13(18)19)6-15-12(17)11-7-14-9(3)16-8(11)2/h7,10H,4-6H2,1-3H3,(H,15,17)(H,18,19). The monoisotopic (exact) mass is 265 g/mol. The van der Waals surface area contributed by atoms with Crippen molar-refractivity contribution in [2.24, 2.45) is 5.92 Å². The van der Waals surface area contributed by atoms with Crippen molar-refractivity contribution in [3.63, 3.8) is 0 Å². The molecule has 1 aromatic rings. The van der Waals surface area contributed by atoms with Crippen LogP contribution in [0, 0.1) is 19.8 Å². The van der Waals surface area contributed by atoms with Gasteiger partial charge in [0.2, 0.25) is 0 Å². The fourth-order valence-corrected chi connectivity index (χ4v) is 1.78. The van der Waals surface area contributed by atoms with Crippen molar-refractivity contribution in [2.45, 2.75) is 33.6 Å². The van der Waals surface area contributed by atoms with Crippen molar-refractivity contribution in [3.05, 3.63) is 23.3 Å². The third-order valence-electron chi connectivity index (χ3n) is 2.84. The van der Waals surface area contributed by atoms with Crippen molar-refractivity contribution in [2.75, 3.05) is 6.54 Å². The van der Waals surface area contributed by atoms with E-state index in [0.29, 0.717) is 23.5 Å². The lowest BCUT2D eigenvalue weighted by molar-refractivity contribution is -0.141. The van der Waals surface area contributed by atoms with Gasteiger partial charge in [0.25, 0.3) is 5.91 Å². The van der Waals surface area contributed by atoms with Gasteiger partial charge in [0.05, 0.1) is 17.2 Å². The maximum Gasteiger partial charge on any atom is 0.308 e. The SMILES string of the molecule is CCCC(CNC(=O)c1cnc(C)nc1C)C(=O)O. The van der Waals surface area contributed by atoms with E-state index < -0.39 is 11.9 Å². The molecule has 0 radical (unpaired) electrons. The predicted molar refractivity (Wildman–Crippen MR) is 69.9 cm³/mol. The Labute approximate surface area is 112 Å². The summed E-state index contributed by atoms with van der Waals surface area (Å²) in [7, 11) is 0. The lowest BCUT2D eigenvalue weighted by Crippen LogP contribution is -2.33. The molecule has 0 aromatic carbocycles. The zero-order chi connectivity index (χ0) is 14.4. The van der Waals surface area contributed by atoms with Gasteiger partial charge in [0.1, 0.15) is 5.82 Å². The van der Waals surface area contributed by atoms with Crippen LogP contribution in [0.1, 0.15) is 41.6 Å². The molecule has 2 N–H and O–H groups in total. The molecule has 0 saturated heterocycles. The number of nitrogens with one attached hydrogen (secondary N) is 1. The summed E-state index contributed by atoms with van der Waals surface area (Å²) in [6.45, 7) is 5.51. The van der Waals surface area contributed by atoms with Gasteiger partial charge in [-0.05, 0) is 20.3 Å². The van der Waals surface area contributed by atoms with Crippen molar-refractivity contribution in [1.82, 2.24) is 15.3 Å². The molecule has 1 rings (SSSR count). The molecule has 1 amide bonds. The second-order valence-corrected chi connectivity index (χ2v) is 4.45. The van der Waals surface area contributed by atoms with Crippen LogP contribution >= 0.6 is 0 Å². The second kappa shape index (κ2) is 6.82. The normalized spacial score (nSPS) is 11.9. The lowest BCUT2D eigenvalue weighted by atomic mass is 10.0. The van der Waals surface area contributed by atoms with E-state index in [1.165, 1.54) is 6.20 Å². The van der Waals surface area contributed by atoms with Gasteiger partial charge in [-0.1, -0.05) is 13.3 Å². The zero-order valence-electron chi connectivity index (χ0n) is 11.4. The molecule has 0 bridgehead atoms. The Balaban J connectivity index is 2.66. The molecule has 1 aromatic heterocycles. The molecule has 0 saturated carbocycles. The highest BCUT2D eigenvalue weighted by molar-refractivity contribution is 5.95. The Bertz CT molecular complexity index is 474. The molecule has 6 heteroatoms. The average molecular weight is 265 g/mol. The maximum absolute atomic E-state index is 11.9. The smallest absolute Gasteiger partial charge is 0.308 e. The maximum atomic E-state index is 11.9. The average Bonchev–Trinajstić information content (AvgIpc) is 2.33. The predicted octanol–water partition coefficient (Wildman–Crippen LogP) is 1.32. The molecule has 0 fully saturated rings. The van der Waals surface area contributed by atoms with Crippen molar-refractivity contribution in [3.8, 4) is 0 Å². The van der Waals surface area contributed by atoms with Gasteiger partial charge >= 0.3 is 5.97 Å². The number of rotatable bonds is 6. The second-order valence-electron chi connectivity index (χ2n) is 4.45. The van der Waals surface area contributed by atoms with Gasteiger partial charge in [0.15, 0.2) is 0 Å². The van der Waals surface area contributed by atoms with Gasteiger partial charge < -0.3 is 10.4 Å². The summed E-state index contributed by atoms with van der Waals surface area (Å²) in [5.41, 5.74) is 0.971. The number of carbonyl (C=O) groups is 2. The summed E-state index contributed by atoms with van der Waals surface area (Å²) < 4.78 is 0. The molecule has 0 spiro atoms. The van der Waals surface area contributed by atoms with Crippen LogP contribution in [0.4, 0.5) is 0 Å². The quantitative estimate of drug-likeness (QED) is 0.809. The van der Waals surface area contributed by atoms with Gasteiger partial charge in [0, 0.05) is 12.7 Å². The number of amides is 1. The number of aryl methyl sites for hydroxylation is 2. The van der Waals surface area contributed by atoms with Gasteiger partial charge in [-0.15, -0.1) is 0 Å². The van der Waals surface area contributed by atoms with Gasteiger partial charge in [-0.2, -0.15) is 0 Å². The molecule has 0 aliphatic carbocycles. The topological polar surface area (TPSA) is 92.2 Å². The molecular weight excluding hydrogens is 246 g/mol. The van der Waals surface area contributed by atoms with E-state index in [-0.39, 0.29) is 12.5 Å². The first-order chi connectivity index (χ1) is 8.95. The molecule has 104 valence electrons. The van der Waals surface area contributed by atoms with E-state index >= 15 is 0 Å². The number of hydrogen-bond donors (Lipinski definition) is 2. The highest BCUT2D eigenvalue weighted by Gasteiger charge is 2.18. The molecule has 1 atom stereocenters. The first-order valence-corrected chi connectivity index (χ1v) is 6.27. The molecule has 0 aliphatic rings. The molecule has 6 nitrogen and oxygen atoms in total. The van der Waals surface area contributed by atoms with Crippen LogP contribution in [0.3, 0.4) is 0 Å². The van der Waals surface area contributed by atoms with Crippen molar-refractivity contribution in [1.29, 1.82) is 0 Å². The van der Waals surface area contributed by atoms with Crippen molar-refractivity contribution >= 4 is 11.9 Å². The third kappa shape index (κ3) is 4.31. The minimum absolute atomic E-state index is 0.120. The highest BCUT2D eigenvalue weighted by atomic mass is 16.4. The molecule has 0 aliphatic heterocycles. The minimum atomic E-state index is -0.890. The third-order valence-corrected chi connectivity index (χ3v) is 2.84. The van der Waals surface area contributed by atoms with E-state index in [1.807, 2.05) is 6.92 Å². The van der Waals surface area contributed by atoms with E-state index in [0.717, 1.165) is 6.42 Å². The summed E-state index contributed by atoms with van der Waals surface area (Å²) in [6, 6.07) is 0. The Morgan fingerprint density at radius 2 is 2.11 bits per heavy atom. The number of aliphatic carboxylic acids is 1. The zero-order valence-corrected chi connectivity index (χ0v) is 11.4. The fourth-order valence-electron chi connectivity index (χ4n) is 1.78. The highest BCUT2D eigenvalue weighted by Crippen LogP contribution is 2.07. The van der Waals surface area contributed by atoms with Crippen LogP contribution in [-0.4, -0.2) is 33.5 Å². The van der Waals surface area contributed by atoms with E-state index in [4.69, 9.17) is 5.11 Å². The largest absolute Gasteiger partial charge is 0.481 e. The Morgan fingerprint density at radius 1 is 1.42 bits per heavy atom. The number of aromatic nitrogens is 2. The molecule has 19 heavy (non-hydrogen) atoms. The van der Waals surface area contributed by atoms with E-state index in [9.17, 15) is 9.59 Å². The molecule has 1 unspecified atom stereocenters. The van der Waals surface area contributed by atoms with Crippen LogP contribution in [0.15, 0.2) is 6.20 Å². The number of carbonyl (C=O) groups excluding carboxylic acids is 1. The summed E-state index contributed by atoms with van der Waals surface area (Å²) >= 11 is 0. The van der Waals surface area contributed by atoms with Crippen molar-refractivity contribution < 1.29 is 14.7 Å².